The Kier molecular flexibility index (Phi) is 6.06. The molecule has 1 atom stereocenters. The third-order valence-electron chi connectivity index (χ3n) is 3.56. The van der Waals surface area contributed by atoms with Crippen LogP contribution in [0.4, 0.5) is 5.82 Å². The topological polar surface area (TPSA) is 86.6 Å². The first-order valence-electron chi connectivity index (χ1n) is 7.34. The standard InChI is InChI=1S/C14H19ClN4O3S/c1-3-12(20)19-5-4-18(7-9(19)2)11-6-10(15)16-14(17-11)23-8-13(21)22/h6,9H,3-5,7-8H2,1-2H3,(H,21,22)/t9-/m1/s1. The first-order valence-corrected chi connectivity index (χ1v) is 8.70. The number of thioether (sulfide) groups is 1. The van der Waals surface area contributed by atoms with Gasteiger partial charge in [0, 0.05) is 38.2 Å². The molecular formula is C14H19ClN4O3S. The molecule has 1 aromatic heterocycles. The van der Waals surface area contributed by atoms with Gasteiger partial charge in [-0.25, -0.2) is 9.97 Å². The number of carboxylic acids is 1. The number of carboxylic acid groups (broad SMARTS) is 1. The van der Waals surface area contributed by atoms with Gasteiger partial charge in [-0.15, -0.1) is 0 Å². The number of piperazine rings is 1. The van der Waals surface area contributed by atoms with Gasteiger partial charge < -0.3 is 14.9 Å². The summed E-state index contributed by atoms with van der Waals surface area (Å²) >= 11 is 7.05. The Labute approximate surface area is 144 Å². The third-order valence-corrected chi connectivity index (χ3v) is 4.59. The van der Waals surface area contributed by atoms with Crippen LogP contribution >= 0.6 is 23.4 Å². The molecule has 1 fully saturated rings. The molecule has 0 radical (unpaired) electrons. The van der Waals surface area contributed by atoms with Crippen LogP contribution in [-0.4, -0.2) is 63.3 Å². The fraction of sp³-hybridized carbons (Fsp3) is 0.571. The van der Waals surface area contributed by atoms with Crippen LogP contribution in [0.25, 0.3) is 0 Å². The molecule has 0 spiro atoms. The quantitative estimate of drug-likeness (QED) is 0.487. The van der Waals surface area contributed by atoms with Crippen molar-refractivity contribution in [2.75, 3.05) is 30.3 Å². The maximum absolute atomic E-state index is 11.9. The van der Waals surface area contributed by atoms with E-state index < -0.39 is 5.97 Å². The van der Waals surface area contributed by atoms with Crippen molar-refractivity contribution in [3.05, 3.63) is 11.2 Å². The number of aliphatic carboxylic acids is 1. The average molecular weight is 359 g/mol. The minimum absolute atomic E-state index is 0.0834. The number of carbonyl (C=O) groups is 2. The SMILES string of the molecule is CCC(=O)N1CCN(c2cc(Cl)nc(SCC(=O)O)n2)C[C@H]1C. The number of hydrogen-bond acceptors (Lipinski definition) is 6. The largest absolute Gasteiger partial charge is 0.481 e. The van der Waals surface area contributed by atoms with Gasteiger partial charge in [0.05, 0.1) is 5.75 Å². The Morgan fingerprint density at radius 1 is 1.43 bits per heavy atom. The molecule has 0 aliphatic carbocycles. The molecule has 126 valence electrons. The van der Waals surface area contributed by atoms with Crippen LogP contribution in [0.1, 0.15) is 20.3 Å². The van der Waals surface area contributed by atoms with Crippen molar-refractivity contribution in [2.45, 2.75) is 31.5 Å². The van der Waals surface area contributed by atoms with E-state index in [1.54, 1.807) is 6.07 Å². The van der Waals surface area contributed by atoms with Crippen molar-refractivity contribution in [3.63, 3.8) is 0 Å². The summed E-state index contributed by atoms with van der Waals surface area (Å²) in [5.41, 5.74) is 0. The highest BCUT2D eigenvalue weighted by Crippen LogP contribution is 2.24. The fourth-order valence-electron chi connectivity index (χ4n) is 2.48. The van der Waals surface area contributed by atoms with Crippen LogP contribution in [0.15, 0.2) is 11.2 Å². The lowest BCUT2D eigenvalue weighted by atomic mass is 10.1. The molecule has 0 bridgehead atoms. The van der Waals surface area contributed by atoms with E-state index >= 15 is 0 Å². The number of amides is 1. The van der Waals surface area contributed by atoms with E-state index in [2.05, 4.69) is 9.97 Å². The molecule has 0 unspecified atom stereocenters. The molecule has 1 N–H and O–H groups in total. The lowest BCUT2D eigenvalue weighted by Crippen LogP contribution is -2.54. The first kappa shape index (κ1) is 17.8. The number of rotatable bonds is 5. The number of halogens is 1. The van der Waals surface area contributed by atoms with E-state index in [0.717, 1.165) is 11.8 Å². The van der Waals surface area contributed by atoms with Crippen molar-refractivity contribution in [2.24, 2.45) is 0 Å². The van der Waals surface area contributed by atoms with Crippen LogP contribution in [0.5, 0.6) is 0 Å². The summed E-state index contributed by atoms with van der Waals surface area (Å²) in [6.07, 6.45) is 0.500. The first-order chi connectivity index (χ1) is 10.9. The van der Waals surface area contributed by atoms with Crippen molar-refractivity contribution < 1.29 is 14.7 Å². The number of carbonyl (C=O) groups excluding carboxylic acids is 1. The Hall–Kier alpha value is -1.54. The van der Waals surface area contributed by atoms with Gasteiger partial charge in [0.15, 0.2) is 5.16 Å². The molecule has 1 saturated heterocycles. The molecular weight excluding hydrogens is 340 g/mol. The normalized spacial score (nSPS) is 18.1. The molecule has 0 saturated carbocycles. The van der Waals surface area contributed by atoms with Crippen LogP contribution in [0, 0.1) is 0 Å². The number of aromatic nitrogens is 2. The lowest BCUT2D eigenvalue weighted by Gasteiger charge is -2.40. The zero-order valence-electron chi connectivity index (χ0n) is 13.0. The van der Waals surface area contributed by atoms with E-state index in [0.29, 0.717) is 37.0 Å². The van der Waals surface area contributed by atoms with Crippen molar-refractivity contribution in [1.29, 1.82) is 0 Å². The van der Waals surface area contributed by atoms with E-state index in [4.69, 9.17) is 16.7 Å². The minimum Gasteiger partial charge on any atom is -0.481 e. The smallest absolute Gasteiger partial charge is 0.313 e. The Morgan fingerprint density at radius 2 is 2.17 bits per heavy atom. The van der Waals surface area contributed by atoms with E-state index in [9.17, 15) is 9.59 Å². The molecule has 0 aromatic carbocycles. The van der Waals surface area contributed by atoms with Gasteiger partial charge in [-0.1, -0.05) is 30.3 Å². The molecule has 7 nitrogen and oxygen atoms in total. The van der Waals surface area contributed by atoms with Gasteiger partial charge >= 0.3 is 5.97 Å². The van der Waals surface area contributed by atoms with E-state index in [1.165, 1.54) is 0 Å². The Balaban J connectivity index is 2.10. The second-order valence-electron chi connectivity index (χ2n) is 5.25. The summed E-state index contributed by atoms with van der Waals surface area (Å²) in [7, 11) is 0. The molecule has 1 amide bonds. The summed E-state index contributed by atoms with van der Waals surface area (Å²) in [6.45, 7) is 5.81. The Morgan fingerprint density at radius 3 is 2.78 bits per heavy atom. The van der Waals surface area contributed by atoms with Crippen LogP contribution in [-0.2, 0) is 9.59 Å². The van der Waals surface area contributed by atoms with Gasteiger partial charge in [-0.3, -0.25) is 9.59 Å². The van der Waals surface area contributed by atoms with Gasteiger partial charge in [0.25, 0.3) is 0 Å². The van der Waals surface area contributed by atoms with Gasteiger partial charge in [-0.2, -0.15) is 0 Å². The van der Waals surface area contributed by atoms with Gasteiger partial charge in [0.2, 0.25) is 5.91 Å². The van der Waals surface area contributed by atoms with Crippen LogP contribution < -0.4 is 4.90 Å². The zero-order valence-corrected chi connectivity index (χ0v) is 14.6. The summed E-state index contributed by atoms with van der Waals surface area (Å²) in [5, 5.41) is 9.37. The fourth-order valence-corrected chi connectivity index (χ4v) is 3.28. The molecule has 2 heterocycles. The zero-order chi connectivity index (χ0) is 17.0. The van der Waals surface area contributed by atoms with Gasteiger partial charge in [0.1, 0.15) is 11.0 Å². The highest BCUT2D eigenvalue weighted by Gasteiger charge is 2.27. The molecule has 2 rings (SSSR count). The molecule has 9 heteroatoms. The summed E-state index contributed by atoms with van der Waals surface area (Å²) in [6, 6.07) is 1.75. The second-order valence-corrected chi connectivity index (χ2v) is 6.58. The number of anilines is 1. The summed E-state index contributed by atoms with van der Waals surface area (Å²) in [4.78, 5) is 34.9. The summed E-state index contributed by atoms with van der Waals surface area (Å²) < 4.78 is 0. The number of hydrogen-bond donors (Lipinski definition) is 1. The monoisotopic (exact) mass is 358 g/mol. The van der Waals surface area contributed by atoms with E-state index in [1.807, 2.05) is 23.6 Å². The van der Waals surface area contributed by atoms with Crippen LogP contribution in [0.3, 0.4) is 0 Å². The predicted molar refractivity (Wildman–Crippen MR) is 89.1 cm³/mol. The molecule has 1 aliphatic rings. The molecule has 1 aromatic rings. The van der Waals surface area contributed by atoms with Gasteiger partial charge in [-0.05, 0) is 6.92 Å². The Bertz CT molecular complexity index is 601. The lowest BCUT2D eigenvalue weighted by molar-refractivity contribution is -0.134. The summed E-state index contributed by atoms with van der Waals surface area (Å²) in [5.74, 6) is -0.237. The molecule has 23 heavy (non-hydrogen) atoms. The van der Waals surface area contributed by atoms with Crippen molar-refractivity contribution in [3.8, 4) is 0 Å². The average Bonchev–Trinajstić information content (AvgIpc) is 2.51. The maximum atomic E-state index is 11.9. The van der Waals surface area contributed by atoms with E-state index in [-0.39, 0.29) is 22.9 Å². The number of nitrogens with zero attached hydrogens (tertiary/aromatic N) is 4. The maximum Gasteiger partial charge on any atom is 0.313 e. The highest BCUT2D eigenvalue weighted by atomic mass is 35.5. The van der Waals surface area contributed by atoms with Crippen LogP contribution in [0.2, 0.25) is 5.15 Å². The molecule has 1 aliphatic heterocycles. The third kappa shape index (κ3) is 4.71. The van der Waals surface area contributed by atoms with Crippen molar-refractivity contribution in [1.82, 2.24) is 14.9 Å². The minimum atomic E-state index is -0.930. The predicted octanol–water partition coefficient (Wildman–Crippen LogP) is 1.75. The highest BCUT2D eigenvalue weighted by molar-refractivity contribution is 7.99. The van der Waals surface area contributed by atoms with Crippen molar-refractivity contribution >= 4 is 41.1 Å². The second kappa shape index (κ2) is 7.83.